The van der Waals surface area contributed by atoms with Crippen LogP contribution in [-0.2, 0) is 9.53 Å². The maximum atomic E-state index is 10.3. The molecule has 0 saturated carbocycles. The Kier molecular flexibility index (Phi) is 6.68. The second kappa shape index (κ2) is 7.25. The molecule has 0 aliphatic heterocycles. The van der Waals surface area contributed by atoms with E-state index in [4.69, 9.17) is 11.6 Å². The van der Waals surface area contributed by atoms with E-state index in [1.807, 2.05) is 0 Å². The molecule has 0 aliphatic rings. The summed E-state index contributed by atoms with van der Waals surface area (Å²) >= 11 is 5.35. The summed E-state index contributed by atoms with van der Waals surface area (Å²) in [6, 6.07) is 0. The first-order valence-corrected chi connectivity index (χ1v) is 3.65. The average Bonchev–Trinajstić information content (AvgIpc) is 1.99. The number of halogens is 1. The third kappa shape index (κ3) is 7.03. The van der Waals surface area contributed by atoms with Gasteiger partial charge in [-0.2, -0.15) is 0 Å². The number of alkyl halides is 1. The highest BCUT2D eigenvalue weighted by atomic mass is 35.5. The minimum atomic E-state index is -0.894. The number of isocyanates is 1. The van der Waals surface area contributed by atoms with E-state index in [0.29, 0.717) is 12.3 Å². The molecule has 0 aromatic carbocycles. The van der Waals surface area contributed by atoms with Gasteiger partial charge in [-0.25, -0.2) is 9.59 Å². The molecule has 0 atom stereocenters. The number of amides is 1. The molecular weight excluding hydrogens is 170 g/mol. The summed E-state index contributed by atoms with van der Waals surface area (Å²) in [6.07, 6.45) is 1.65. The molecule has 0 aromatic rings. The van der Waals surface area contributed by atoms with E-state index >= 15 is 0 Å². The van der Waals surface area contributed by atoms with Gasteiger partial charge in [0.15, 0.2) is 0 Å². The van der Waals surface area contributed by atoms with Gasteiger partial charge in [0, 0.05) is 5.88 Å². The lowest BCUT2D eigenvalue weighted by Gasteiger charge is -1.96. The third-order valence-corrected chi connectivity index (χ3v) is 1.16. The topological polar surface area (TPSA) is 55.7 Å². The third-order valence-electron chi connectivity index (χ3n) is 0.890. The van der Waals surface area contributed by atoms with Crippen molar-refractivity contribution in [2.24, 2.45) is 4.99 Å². The van der Waals surface area contributed by atoms with Crippen LogP contribution in [0, 0.1) is 0 Å². The van der Waals surface area contributed by atoms with Crippen LogP contribution in [0.3, 0.4) is 0 Å². The summed E-state index contributed by atoms with van der Waals surface area (Å²) in [7, 11) is 0. The van der Waals surface area contributed by atoms with Gasteiger partial charge in [0.25, 0.3) is 0 Å². The van der Waals surface area contributed by atoms with E-state index < -0.39 is 6.09 Å². The van der Waals surface area contributed by atoms with E-state index in [0.717, 1.165) is 12.5 Å². The van der Waals surface area contributed by atoms with E-state index in [1.165, 1.54) is 0 Å². The summed E-state index contributed by atoms with van der Waals surface area (Å²) in [4.78, 5) is 22.5. The number of nitrogens with zero attached hydrogens (tertiary/aromatic N) is 1. The molecule has 0 aliphatic carbocycles. The van der Waals surface area contributed by atoms with Crippen molar-refractivity contribution < 1.29 is 14.3 Å². The normalized spacial score (nSPS) is 8.45. The highest BCUT2D eigenvalue weighted by Gasteiger charge is 1.96. The van der Waals surface area contributed by atoms with Crippen molar-refractivity contribution in [3.8, 4) is 0 Å². The SMILES string of the molecule is O=C=NC(=O)OCCCCCl. The van der Waals surface area contributed by atoms with Crippen LogP contribution in [0.25, 0.3) is 0 Å². The van der Waals surface area contributed by atoms with Gasteiger partial charge in [-0.1, -0.05) is 4.99 Å². The molecular formula is C6H8ClNO3. The van der Waals surface area contributed by atoms with E-state index in [9.17, 15) is 9.59 Å². The number of hydrogen-bond acceptors (Lipinski definition) is 3. The fraction of sp³-hybridized carbons (Fsp3) is 0.667. The van der Waals surface area contributed by atoms with Crippen molar-refractivity contribution in [3.63, 3.8) is 0 Å². The fourth-order valence-electron chi connectivity index (χ4n) is 0.426. The number of unbranched alkanes of at least 4 members (excludes halogenated alkanes) is 1. The lowest BCUT2D eigenvalue weighted by atomic mass is 10.4. The zero-order valence-electron chi connectivity index (χ0n) is 5.88. The molecule has 0 saturated heterocycles. The fourth-order valence-corrected chi connectivity index (χ4v) is 0.615. The maximum absolute atomic E-state index is 10.3. The molecule has 0 radical (unpaired) electrons. The summed E-state index contributed by atoms with van der Waals surface area (Å²) in [5, 5.41) is 0. The summed E-state index contributed by atoms with van der Waals surface area (Å²) in [5.41, 5.74) is 0. The Hall–Kier alpha value is -0.860. The van der Waals surface area contributed by atoms with Gasteiger partial charge in [-0.05, 0) is 12.8 Å². The lowest BCUT2D eigenvalue weighted by Crippen LogP contribution is -2.00. The molecule has 0 spiro atoms. The van der Waals surface area contributed by atoms with Gasteiger partial charge in [0.2, 0.25) is 6.08 Å². The molecule has 0 bridgehead atoms. The highest BCUT2D eigenvalue weighted by molar-refractivity contribution is 6.17. The number of hydrogen-bond donors (Lipinski definition) is 0. The average molecular weight is 178 g/mol. The van der Waals surface area contributed by atoms with Gasteiger partial charge in [0.1, 0.15) is 0 Å². The molecule has 4 nitrogen and oxygen atoms in total. The van der Waals surface area contributed by atoms with Crippen LogP contribution in [0.4, 0.5) is 4.79 Å². The predicted molar refractivity (Wildman–Crippen MR) is 39.4 cm³/mol. The van der Waals surface area contributed by atoms with Crippen molar-refractivity contribution in [1.29, 1.82) is 0 Å². The second-order valence-electron chi connectivity index (χ2n) is 1.71. The number of aliphatic imine (C=N–C) groups is 1. The molecule has 0 N–H and O–H groups in total. The van der Waals surface area contributed by atoms with Crippen molar-refractivity contribution in [1.82, 2.24) is 0 Å². The first-order valence-electron chi connectivity index (χ1n) is 3.12. The van der Waals surface area contributed by atoms with Crippen molar-refractivity contribution in [2.45, 2.75) is 12.8 Å². The second-order valence-corrected chi connectivity index (χ2v) is 2.09. The molecule has 0 unspecified atom stereocenters. The zero-order valence-corrected chi connectivity index (χ0v) is 6.63. The minimum absolute atomic E-state index is 0.247. The Bertz CT molecular complexity index is 165. The Morgan fingerprint density at radius 1 is 1.55 bits per heavy atom. The van der Waals surface area contributed by atoms with Crippen LogP contribution in [0.1, 0.15) is 12.8 Å². The van der Waals surface area contributed by atoms with Gasteiger partial charge >= 0.3 is 6.09 Å². The molecule has 0 aromatic heterocycles. The van der Waals surface area contributed by atoms with Crippen LogP contribution in [0.2, 0.25) is 0 Å². The monoisotopic (exact) mass is 177 g/mol. The number of ether oxygens (including phenoxy) is 1. The van der Waals surface area contributed by atoms with E-state index in [2.05, 4.69) is 9.73 Å². The standard InChI is InChI=1S/C6H8ClNO3/c7-3-1-2-4-11-6(10)8-5-9/h1-4H2. The number of carbonyl (C=O) groups excluding carboxylic acids is 2. The Morgan fingerprint density at radius 3 is 2.82 bits per heavy atom. The van der Waals surface area contributed by atoms with Crippen LogP contribution in [-0.4, -0.2) is 24.7 Å². The van der Waals surface area contributed by atoms with Crippen LogP contribution in [0.5, 0.6) is 0 Å². The molecule has 11 heavy (non-hydrogen) atoms. The predicted octanol–water partition coefficient (Wildman–Crippen LogP) is 1.48. The van der Waals surface area contributed by atoms with Crippen LogP contribution < -0.4 is 0 Å². The minimum Gasteiger partial charge on any atom is -0.447 e. The summed E-state index contributed by atoms with van der Waals surface area (Å²) in [6.45, 7) is 0.247. The Morgan fingerprint density at radius 2 is 2.27 bits per heavy atom. The smallest absolute Gasteiger partial charge is 0.444 e. The molecule has 0 rings (SSSR count). The molecule has 1 amide bonds. The van der Waals surface area contributed by atoms with Crippen molar-refractivity contribution >= 4 is 23.8 Å². The number of rotatable bonds is 4. The quantitative estimate of drug-likeness (QED) is 0.283. The van der Waals surface area contributed by atoms with Gasteiger partial charge in [-0.15, -0.1) is 11.6 Å². The summed E-state index contributed by atoms with van der Waals surface area (Å²) < 4.78 is 4.46. The van der Waals surface area contributed by atoms with Crippen LogP contribution >= 0.6 is 11.6 Å². The lowest BCUT2D eigenvalue weighted by molar-refractivity contribution is 0.155. The van der Waals surface area contributed by atoms with Crippen LogP contribution in [0.15, 0.2) is 4.99 Å². The Balaban J connectivity index is 3.24. The van der Waals surface area contributed by atoms with Crippen molar-refractivity contribution in [2.75, 3.05) is 12.5 Å². The molecule has 0 fully saturated rings. The largest absolute Gasteiger partial charge is 0.447 e. The zero-order chi connectivity index (χ0) is 8.53. The number of carbonyl (C=O) groups is 1. The Labute approximate surface area is 69.2 Å². The van der Waals surface area contributed by atoms with E-state index in [1.54, 1.807) is 0 Å². The van der Waals surface area contributed by atoms with Crippen molar-refractivity contribution in [3.05, 3.63) is 0 Å². The van der Waals surface area contributed by atoms with Gasteiger partial charge < -0.3 is 4.74 Å². The van der Waals surface area contributed by atoms with Gasteiger partial charge in [0.05, 0.1) is 6.61 Å². The molecule has 62 valence electrons. The summed E-state index contributed by atoms with van der Waals surface area (Å²) in [5.74, 6) is 0.536. The molecule has 0 heterocycles. The molecule has 5 heteroatoms. The van der Waals surface area contributed by atoms with Gasteiger partial charge in [-0.3, -0.25) is 0 Å². The van der Waals surface area contributed by atoms with E-state index in [-0.39, 0.29) is 6.61 Å². The maximum Gasteiger partial charge on any atom is 0.444 e. The first kappa shape index (κ1) is 10.1. The first-order chi connectivity index (χ1) is 5.31. The highest BCUT2D eigenvalue weighted by Crippen LogP contribution is 1.93.